The SMILES string of the molecule is COc1ccc(/C=N/n2c3ccccc3c3ccccc32)cc1OCCCN(C)C. The Morgan fingerprint density at radius 1 is 0.900 bits per heavy atom. The van der Waals surface area contributed by atoms with Crippen molar-refractivity contribution in [1.82, 2.24) is 9.58 Å². The van der Waals surface area contributed by atoms with Crippen molar-refractivity contribution in [3.05, 3.63) is 72.3 Å². The van der Waals surface area contributed by atoms with Gasteiger partial charge < -0.3 is 14.4 Å². The van der Waals surface area contributed by atoms with Crippen LogP contribution in [0.1, 0.15) is 12.0 Å². The maximum Gasteiger partial charge on any atom is 0.161 e. The number of para-hydroxylation sites is 2. The predicted octanol–water partition coefficient (Wildman–Crippen LogP) is 5.02. The first-order chi connectivity index (χ1) is 14.7. The van der Waals surface area contributed by atoms with Crippen LogP contribution >= 0.6 is 0 Å². The van der Waals surface area contributed by atoms with E-state index in [1.807, 2.05) is 41.2 Å². The standard InChI is InChI=1S/C25H27N3O2/c1-27(2)15-8-16-30-25-17-19(13-14-24(25)29-3)18-26-28-22-11-6-4-9-20(22)21-10-5-7-12-23(21)28/h4-7,9-14,17-18H,8,15-16H2,1-3H3/b26-18+. The largest absolute Gasteiger partial charge is 0.493 e. The lowest BCUT2D eigenvalue weighted by atomic mass is 10.2. The first kappa shape index (κ1) is 20.0. The summed E-state index contributed by atoms with van der Waals surface area (Å²) in [5.74, 6) is 1.47. The molecule has 5 heteroatoms. The van der Waals surface area contributed by atoms with Gasteiger partial charge in [-0.15, -0.1) is 0 Å². The van der Waals surface area contributed by atoms with Gasteiger partial charge in [0.25, 0.3) is 0 Å². The van der Waals surface area contributed by atoms with E-state index in [9.17, 15) is 0 Å². The number of nitrogens with zero attached hydrogens (tertiary/aromatic N) is 3. The summed E-state index contributed by atoms with van der Waals surface area (Å²) in [4.78, 5) is 2.15. The number of hydrogen-bond donors (Lipinski definition) is 0. The molecular weight excluding hydrogens is 374 g/mol. The normalized spacial score (nSPS) is 11.7. The van der Waals surface area contributed by atoms with Gasteiger partial charge in [0, 0.05) is 17.3 Å². The van der Waals surface area contributed by atoms with E-state index >= 15 is 0 Å². The lowest BCUT2D eigenvalue weighted by Crippen LogP contribution is -2.15. The first-order valence-corrected chi connectivity index (χ1v) is 10.2. The minimum absolute atomic E-state index is 0.641. The number of ether oxygens (including phenoxy) is 2. The maximum atomic E-state index is 5.98. The Bertz CT molecular complexity index is 1120. The van der Waals surface area contributed by atoms with Crippen molar-refractivity contribution in [1.29, 1.82) is 0 Å². The van der Waals surface area contributed by atoms with Crippen molar-refractivity contribution in [2.45, 2.75) is 6.42 Å². The molecule has 0 saturated heterocycles. The summed E-state index contributed by atoms with van der Waals surface area (Å²) in [6.45, 7) is 1.62. The highest BCUT2D eigenvalue weighted by atomic mass is 16.5. The molecule has 0 N–H and O–H groups in total. The Kier molecular flexibility index (Phi) is 6.00. The zero-order valence-corrected chi connectivity index (χ0v) is 17.7. The summed E-state index contributed by atoms with van der Waals surface area (Å²) in [7, 11) is 5.78. The molecule has 0 unspecified atom stereocenters. The fourth-order valence-corrected chi connectivity index (χ4v) is 3.60. The van der Waals surface area contributed by atoms with Gasteiger partial charge in [0.05, 0.1) is 31.0 Å². The van der Waals surface area contributed by atoms with Crippen molar-refractivity contribution in [3.8, 4) is 11.5 Å². The summed E-state index contributed by atoms with van der Waals surface area (Å²) in [5.41, 5.74) is 3.13. The van der Waals surface area contributed by atoms with E-state index in [2.05, 4.69) is 55.4 Å². The van der Waals surface area contributed by atoms with Crippen LogP contribution in [0.25, 0.3) is 21.8 Å². The van der Waals surface area contributed by atoms with E-state index in [1.165, 1.54) is 10.8 Å². The first-order valence-electron chi connectivity index (χ1n) is 10.2. The molecule has 1 heterocycles. The van der Waals surface area contributed by atoms with Gasteiger partial charge in [-0.05, 0) is 56.4 Å². The van der Waals surface area contributed by atoms with Crippen LogP contribution in [0.3, 0.4) is 0 Å². The molecule has 3 aromatic carbocycles. The molecule has 0 aliphatic carbocycles. The van der Waals surface area contributed by atoms with Crippen LogP contribution < -0.4 is 9.47 Å². The molecule has 0 saturated carbocycles. The van der Waals surface area contributed by atoms with Gasteiger partial charge in [0.1, 0.15) is 0 Å². The van der Waals surface area contributed by atoms with E-state index in [1.54, 1.807) is 7.11 Å². The second-order valence-electron chi connectivity index (χ2n) is 7.51. The van der Waals surface area contributed by atoms with Crippen molar-refractivity contribution >= 4 is 28.0 Å². The van der Waals surface area contributed by atoms with E-state index in [0.717, 1.165) is 41.1 Å². The van der Waals surface area contributed by atoms with Crippen molar-refractivity contribution in [2.75, 3.05) is 34.4 Å². The molecule has 0 fully saturated rings. The molecule has 4 aromatic rings. The van der Waals surface area contributed by atoms with Crippen LogP contribution in [0.4, 0.5) is 0 Å². The summed E-state index contributed by atoms with van der Waals surface area (Å²) in [6.07, 6.45) is 2.82. The maximum absolute atomic E-state index is 5.98. The topological polar surface area (TPSA) is 39.0 Å². The predicted molar refractivity (Wildman–Crippen MR) is 124 cm³/mol. The fourth-order valence-electron chi connectivity index (χ4n) is 3.60. The summed E-state index contributed by atoms with van der Waals surface area (Å²) < 4.78 is 13.4. The van der Waals surface area contributed by atoms with Crippen LogP contribution in [-0.2, 0) is 0 Å². The molecule has 0 spiro atoms. The van der Waals surface area contributed by atoms with Crippen LogP contribution in [-0.4, -0.2) is 50.1 Å². The molecule has 1 aromatic heterocycles. The van der Waals surface area contributed by atoms with Crippen LogP contribution in [0.15, 0.2) is 71.8 Å². The van der Waals surface area contributed by atoms with Gasteiger partial charge in [0.2, 0.25) is 0 Å². The van der Waals surface area contributed by atoms with Gasteiger partial charge in [-0.3, -0.25) is 0 Å². The number of rotatable bonds is 8. The van der Waals surface area contributed by atoms with Crippen LogP contribution in [0, 0.1) is 0 Å². The molecule has 0 radical (unpaired) electrons. The van der Waals surface area contributed by atoms with Crippen molar-refractivity contribution in [2.24, 2.45) is 5.10 Å². The van der Waals surface area contributed by atoms with Gasteiger partial charge in [-0.2, -0.15) is 5.10 Å². The second-order valence-corrected chi connectivity index (χ2v) is 7.51. The number of hydrogen-bond acceptors (Lipinski definition) is 4. The average molecular weight is 402 g/mol. The molecule has 0 amide bonds. The fraction of sp³-hybridized carbons (Fsp3) is 0.240. The average Bonchev–Trinajstić information content (AvgIpc) is 3.09. The third-order valence-corrected chi connectivity index (χ3v) is 5.07. The third-order valence-electron chi connectivity index (χ3n) is 5.07. The third kappa shape index (κ3) is 4.16. The Balaban J connectivity index is 1.63. The molecule has 154 valence electrons. The number of benzene rings is 3. The van der Waals surface area contributed by atoms with E-state index < -0.39 is 0 Å². The highest BCUT2D eigenvalue weighted by Gasteiger charge is 2.09. The van der Waals surface area contributed by atoms with Gasteiger partial charge in [0.15, 0.2) is 11.5 Å². The quantitative estimate of drug-likeness (QED) is 0.308. The zero-order valence-electron chi connectivity index (χ0n) is 17.7. The number of fused-ring (bicyclic) bond motifs is 3. The molecule has 0 bridgehead atoms. The molecule has 0 aliphatic rings. The molecule has 30 heavy (non-hydrogen) atoms. The summed E-state index contributed by atoms with van der Waals surface area (Å²) in [6, 6.07) is 22.6. The summed E-state index contributed by atoms with van der Waals surface area (Å²) >= 11 is 0. The Labute approximate surface area is 177 Å². The van der Waals surface area contributed by atoms with Crippen molar-refractivity contribution in [3.63, 3.8) is 0 Å². The van der Waals surface area contributed by atoms with Gasteiger partial charge >= 0.3 is 0 Å². The molecular formula is C25H27N3O2. The van der Waals surface area contributed by atoms with E-state index in [4.69, 9.17) is 14.6 Å². The Morgan fingerprint density at radius 3 is 2.20 bits per heavy atom. The minimum Gasteiger partial charge on any atom is -0.493 e. The monoisotopic (exact) mass is 401 g/mol. The minimum atomic E-state index is 0.641. The van der Waals surface area contributed by atoms with Gasteiger partial charge in [-0.1, -0.05) is 36.4 Å². The van der Waals surface area contributed by atoms with Crippen LogP contribution in [0.5, 0.6) is 11.5 Å². The highest BCUT2D eigenvalue weighted by Crippen LogP contribution is 2.30. The Morgan fingerprint density at radius 2 is 1.57 bits per heavy atom. The van der Waals surface area contributed by atoms with Gasteiger partial charge in [-0.25, -0.2) is 4.68 Å². The van der Waals surface area contributed by atoms with Crippen LogP contribution in [0.2, 0.25) is 0 Å². The molecule has 0 atom stereocenters. The number of aromatic nitrogens is 1. The zero-order chi connectivity index (χ0) is 20.9. The lowest BCUT2D eigenvalue weighted by molar-refractivity contribution is 0.268. The summed E-state index contributed by atoms with van der Waals surface area (Å²) in [5, 5.41) is 7.20. The van der Waals surface area contributed by atoms with E-state index in [0.29, 0.717) is 6.61 Å². The molecule has 5 nitrogen and oxygen atoms in total. The highest BCUT2D eigenvalue weighted by molar-refractivity contribution is 6.08. The van der Waals surface area contributed by atoms with E-state index in [-0.39, 0.29) is 0 Å². The molecule has 4 rings (SSSR count). The number of methoxy groups -OCH3 is 1. The smallest absolute Gasteiger partial charge is 0.161 e. The lowest BCUT2D eigenvalue weighted by Gasteiger charge is -2.13. The van der Waals surface area contributed by atoms with Crippen molar-refractivity contribution < 1.29 is 9.47 Å². The Hall–Kier alpha value is -3.31. The second kappa shape index (κ2) is 9.01. The molecule has 0 aliphatic heterocycles.